The number of nitrogens with zero attached hydrogens (tertiary/aromatic N) is 2. The lowest BCUT2D eigenvalue weighted by Gasteiger charge is -2.24. The van der Waals surface area contributed by atoms with Crippen LogP contribution in [0.2, 0.25) is 0 Å². The van der Waals surface area contributed by atoms with Gasteiger partial charge in [0.25, 0.3) is 0 Å². The van der Waals surface area contributed by atoms with E-state index in [2.05, 4.69) is 26.3 Å². The van der Waals surface area contributed by atoms with Gasteiger partial charge in [0, 0.05) is 12.2 Å². The van der Waals surface area contributed by atoms with Crippen molar-refractivity contribution in [2.45, 2.75) is 38.3 Å². The van der Waals surface area contributed by atoms with E-state index in [9.17, 15) is 4.79 Å². The smallest absolute Gasteiger partial charge is 0.247 e. The molecule has 0 aromatic carbocycles. The van der Waals surface area contributed by atoms with Gasteiger partial charge >= 0.3 is 0 Å². The lowest BCUT2D eigenvalue weighted by atomic mass is 10.1. The molecule has 0 bridgehead atoms. The summed E-state index contributed by atoms with van der Waals surface area (Å²) in [5.41, 5.74) is -0.630. The summed E-state index contributed by atoms with van der Waals surface area (Å²) in [5, 5.41) is 7.13. The van der Waals surface area contributed by atoms with Crippen LogP contribution in [0.15, 0.2) is 16.9 Å². The normalized spacial score (nSPS) is 16.5. The van der Waals surface area contributed by atoms with E-state index in [1.165, 1.54) is 0 Å². The van der Waals surface area contributed by atoms with Crippen LogP contribution in [-0.4, -0.2) is 21.7 Å². The van der Waals surface area contributed by atoms with Crippen LogP contribution in [0.4, 0.5) is 0 Å². The van der Waals surface area contributed by atoms with Crippen LogP contribution in [0.5, 0.6) is 0 Å². The van der Waals surface area contributed by atoms with Crippen molar-refractivity contribution in [2.75, 3.05) is 0 Å². The Morgan fingerprint density at radius 2 is 2.33 bits per heavy atom. The molecule has 1 aliphatic rings. The number of amides is 1. The summed E-state index contributed by atoms with van der Waals surface area (Å²) in [6.45, 7) is 3.73. The van der Waals surface area contributed by atoms with Crippen molar-refractivity contribution in [1.82, 2.24) is 15.1 Å². The highest BCUT2D eigenvalue weighted by Gasteiger charge is 2.34. The summed E-state index contributed by atoms with van der Waals surface area (Å²) in [6, 6.07) is 0.385. The number of halogens is 1. The minimum Gasteiger partial charge on any atom is -0.351 e. The maximum atomic E-state index is 11.9. The average Bonchev–Trinajstić information content (AvgIpc) is 2.86. The molecule has 0 radical (unpaired) electrons. The highest BCUT2D eigenvalue weighted by molar-refractivity contribution is 9.10. The number of nitrogens with one attached hydrogen (secondary N) is 1. The van der Waals surface area contributed by atoms with Gasteiger partial charge in [0.05, 0.1) is 10.7 Å². The van der Waals surface area contributed by atoms with E-state index in [0.717, 1.165) is 17.3 Å². The average molecular weight is 272 g/mol. The van der Waals surface area contributed by atoms with Gasteiger partial charge in [-0.15, -0.1) is 0 Å². The fraction of sp³-hybridized carbons (Fsp3) is 0.600. The van der Waals surface area contributed by atoms with Gasteiger partial charge in [-0.3, -0.25) is 9.48 Å². The fourth-order valence-corrected chi connectivity index (χ4v) is 1.59. The molecular formula is C10H14BrN3O. The van der Waals surface area contributed by atoms with Gasteiger partial charge in [-0.2, -0.15) is 5.10 Å². The zero-order valence-electron chi connectivity index (χ0n) is 8.83. The lowest BCUT2D eigenvalue weighted by molar-refractivity contribution is -0.129. The second kappa shape index (κ2) is 3.63. The molecule has 1 fully saturated rings. The first kappa shape index (κ1) is 10.7. The van der Waals surface area contributed by atoms with E-state index in [4.69, 9.17) is 0 Å². The van der Waals surface area contributed by atoms with E-state index in [0.29, 0.717) is 6.04 Å². The molecule has 1 N–H and O–H groups in total. The molecule has 0 spiro atoms. The van der Waals surface area contributed by atoms with Crippen LogP contribution in [-0.2, 0) is 10.3 Å². The largest absolute Gasteiger partial charge is 0.351 e. The molecule has 1 aromatic heterocycles. The molecule has 15 heavy (non-hydrogen) atoms. The predicted octanol–water partition coefficient (Wildman–Crippen LogP) is 1.66. The SMILES string of the molecule is CC(C)(C(=O)NC1CC1)n1cc(Br)cn1. The van der Waals surface area contributed by atoms with Crippen LogP contribution in [0.25, 0.3) is 0 Å². The molecule has 4 nitrogen and oxygen atoms in total. The van der Waals surface area contributed by atoms with Gasteiger partial charge in [-0.25, -0.2) is 0 Å². The Bertz CT molecular complexity index is 382. The summed E-state index contributed by atoms with van der Waals surface area (Å²) < 4.78 is 2.56. The number of aromatic nitrogens is 2. The van der Waals surface area contributed by atoms with E-state index in [1.807, 2.05) is 20.0 Å². The molecule has 1 aromatic rings. The molecule has 82 valence electrons. The monoisotopic (exact) mass is 271 g/mol. The second-order valence-electron chi connectivity index (χ2n) is 4.41. The Balaban J connectivity index is 2.13. The zero-order chi connectivity index (χ0) is 11.1. The summed E-state index contributed by atoms with van der Waals surface area (Å²) in [4.78, 5) is 11.9. The number of hydrogen-bond acceptors (Lipinski definition) is 2. The van der Waals surface area contributed by atoms with Crippen LogP contribution < -0.4 is 5.32 Å². The molecule has 1 aliphatic carbocycles. The van der Waals surface area contributed by atoms with Gasteiger partial charge in [0.15, 0.2) is 0 Å². The Labute approximate surface area is 97.2 Å². The molecule has 5 heteroatoms. The van der Waals surface area contributed by atoms with E-state index >= 15 is 0 Å². The first-order valence-electron chi connectivity index (χ1n) is 5.02. The first-order valence-corrected chi connectivity index (χ1v) is 5.81. The third-order valence-electron chi connectivity index (χ3n) is 2.59. The van der Waals surface area contributed by atoms with Crippen molar-refractivity contribution < 1.29 is 4.79 Å². The fourth-order valence-electron chi connectivity index (χ4n) is 1.30. The number of rotatable bonds is 3. The quantitative estimate of drug-likeness (QED) is 0.909. The molecule has 1 saturated carbocycles. The molecule has 1 heterocycles. The Kier molecular flexibility index (Phi) is 2.58. The Hall–Kier alpha value is -0.840. The van der Waals surface area contributed by atoms with Crippen molar-refractivity contribution in [2.24, 2.45) is 0 Å². The van der Waals surface area contributed by atoms with Crippen molar-refractivity contribution in [3.8, 4) is 0 Å². The molecular weight excluding hydrogens is 258 g/mol. The van der Waals surface area contributed by atoms with Crippen LogP contribution in [0, 0.1) is 0 Å². The van der Waals surface area contributed by atoms with Crippen LogP contribution >= 0.6 is 15.9 Å². The van der Waals surface area contributed by atoms with Crippen molar-refractivity contribution in [3.05, 3.63) is 16.9 Å². The third kappa shape index (κ3) is 2.22. The van der Waals surface area contributed by atoms with E-state index in [-0.39, 0.29) is 5.91 Å². The van der Waals surface area contributed by atoms with Crippen LogP contribution in [0.3, 0.4) is 0 Å². The molecule has 2 rings (SSSR count). The van der Waals surface area contributed by atoms with Crippen molar-refractivity contribution >= 4 is 21.8 Å². The highest BCUT2D eigenvalue weighted by atomic mass is 79.9. The number of carbonyl (C=O) groups is 1. The maximum absolute atomic E-state index is 11.9. The number of carbonyl (C=O) groups excluding carboxylic acids is 1. The predicted molar refractivity (Wildman–Crippen MR) is 60.4 cm³/mol. The summed E-state index contributed by atoms with van der Waals surface area (Å²) >= 11 is 3.32. The summed E-state index contributed by atoms with van der Waals surface area (Å²) in [5.74, 6) is 0.0283. The lowest BCUT2D eigenvalue weighted by Crippen LogP contribution is -2.45. The zero-order valence-corrected chi connectivity index (χ0v) is 10.4. The van der Waals surface area contributed by atoms with Crippen molar-refractivity contribution in [1.29, 1.82) is 0 Å². The topological polar surface area (TPSA) is 46.9 Å². The molecule has 0 saturated heterocycles. The molecule has 0 atom stereocenters. The minimum absolute atomic E-state index is 0.0283. The molecule has 0 unspecified atom stereocenters. The number of hydrogen-bond donors (Lipinski definition) is 1. The van der Waals surface area contributed by atoms with Gasteiger partial charge in [0.2, 0.25) is 5.91 Å². The third-order valence-corrected chi connectivity index (χ3v) is 3.00. The summed E-state index contributed by atoms with van der Waals surface area (Å²) in [7, 11) is 0. The van der Waals surface area contributed by atoms with Gasteiger partial charge in [0.1, 0.15) is 5.54 Å². The van der Waals surface area contributed by atoms with Crippen molar-refractivity contribution in [3.63, 3.8) is 0 Å². The minimum atomic E-state index is -0.630. The van der Waals surface area contributed by atoms with Gasteiger partial charge in [-0.1, -0.05) is 0 Å². The molecule has 0 aliphatic heterocycles. The van der Waals surface area contributed by atoms with E-state index in [1.54, 1.807) is 10.9 Å². The Morgan fingerprint density at radius 1 is 1.67 bits per heavy atom. The van der Waals surface area contributed by atoms with Gasteiger partial charge < -0.3 is 5.32 Å². The molecule has 1 amide bonds. The van der Waals surface area contributed by atoms with E-state index < -0.39 is 5.54 Å². The van der Waals surface area contributed by atoms with Gasteiger partial charge in [-0.05, 0) is 42.6 Å². The Morgan fingerprint density at radius 3 is 2.80 bits per heavy atom. The second-order valence-corrected chi connectivity index (χ2v) is 5.33. The highest BCUT2D eigenvalue weighted by Crippen LogP contribution is 2.23. The first-order chi connectivity index (χ1) is 7.00. The maximum Gasteiger partial charge on any atom is 0.247 e. The standard InChI is InChI=1S/C10H14BrN3O/c1-10(2,9(15)13-8-3-4-8)14-6-7(11)5-12-14/h5-6,8H,3-4H2,1-2H3,(H,13,15). The summed E-state index contributed by atoms with van der Waals surface area (Å²) in [6.07, 6.45) is 5.70. The van der Waals surface area contributed by atoms with Crippen LogP contribution in [0.1, 0.15) is 26.7 Å².